The molecule has 2 atom stereocenters. The first-order valence-electron chi connectivity index (χ1n) is 4.14. The van der Waals surface area contributed by atoms with E-state index in [1.54, 1.807) is 13.8 Å². The highest BCUT2D eigenvalue weighted by molar-refractivity contribution is 7.81. The molecule has 0 amide bonds. The van der Waals surface area contributed by atoms with Gasteiger partial charge in [0.15, 0.2) is 0 Å². The fourth-order valence-electron chi connectivity index (χ4n) is 0.526. The molecule has 0 aromatic rings. The third-order valence-electron chi connectivity index (χ3n) is 1.25. The van der Waals surface area contributed by atoms with Gasteiger partial charge in [-0.2, -0.15) is 25.3 Å². The van der Waals surface area contributed by atoms with Crippen molar-refractivity contribution in [3.63, 3.8) is 0 Å². The van der Waals surface area contributed by atoms with E-state index < -0.39 is 22.4 Å². The predicted molar refractivity (Wildman–Crippen MR) is 58.8 cm³/mol. The van der Waals surface area contributed by atoms with Gasteiger partial charge in [-0.15, -0.1) is 0 Å². The molecule has 0 aliphatic rings. The first kappa shape index (κ1) is 13.6. The Morgan fingerprint density at radius 1 is 1.00 bits per heavy atom. The molecule has 0 bridgehead atoms. The largest absolute Gasteiger partial charge is 0.461 e. The van der Waals surface area contributed by atoms with Gasteiger partial charge < -0.3 is 9.47 Å². The predicted octanol–water partition coefficient (Wildman–Crippen LogP) is 0.709. The highest BCUT2D eigenvalue weighted by Crippen LogP contribution is 1.98. The maximum absolute atomic E-state index is 10.9. The van der Waals surface area contributed by atoms with Crippen molar-refractivity contribution in [1.29, 1.82) is 0 Å². The van der Waals surface area contributed by atoms with Crippen LogP contribution in [0.25, 0.3) is 0 Å². The van der Waals surface area contributed by atoms with Crippen molar-refractivity contribution in [2.75, 3.05) is 13.2 Å². The molecule has 82 valence electrons. The lowest BCUT2D eigenvalue weighted by molar-refractivity contribution is -0.151. The maximum atomic E-state index is 10.9. The number of rotatable bonds is 5. The highest BCUT2D eigenvalue weighted by Gasteiger charge is 2.11. The van der Waals surface area contributed by atoms with Gasteiger partial charge in [0.1, 0.15) is 13.2 Å². The minimum atomic E-state index is -0.463. The molecule has 14 heavy (non-hydrogen) atoms. The Labute approximate surface area is 94.2 Å². The van der Waals surface area contributed by atoms with Crippen molar-refractivity contribution in [2.45, 2.75) is 24.3 Å². The highest BCUT2D eigenvalue weighted by atomic mass is 32.1. The fraction of sp³-hybridized carbons (Fsp3) is 0.750. The number of carbonyl (C=O) groups is 2. The van der Waals surface area contributed by atoms with E-state index in [4.69, 9.17) is 9.47 Å². The summed E-state index contributed by atoms with van der Waals surface area (Å²) in [5.41, 5.74) is 0. The van der Waals surface area contributed by atoms with E-state index >= 15 is 0 Å². The van der Waals surface area contributed by atoms with Crippen LogP contribution >= 0.6 is 25.3 Å². The van der Waals surface area contributed by atoms with Gasteiger partial charge in [0, 0.05) is 0 Å². The molecule has 0 aliphatic heterocycles. The molecule has 0 unspecified atom stereocenters. The van der Waals surface area contributed by atoms with Crippen molar-refractivity contribution in [3.8, 4) is 0 Å². The van der Waals surface area contributed by atoms with Crippen LogP contribution in [0.4, 0.5) is 0 Å². The second kappa shape index (κ2) is 7.00. The minimum absolute atomic E-state index is 0.0516. The molecule has 0 radical (unpaired) electrons. The Morgan fingerprint density at radius 3 is 1.50 bits per heavy atom. The summed E-state index contributed by atoms with van der Waals surface area (Å²) in [6.45, 7) is 3.31. The van der Waals surface area contributed by atoms with Crippen LogP contribution in [0, 0.1) is 0 Å². The summed E-state index contributed by atoms with van der Waals surface area (Å²) in [4.78, 5) is 21.7. The quantitative estimate of drug-likeness (QED) is 0.421. The molecule has 0 spiro atoms. The lowest BCUT2D eigenvalue weighted by Gasteiger charge is -2.08. The fourth-order valence-corrected chi connectivity index (χ4v) is 0.675. The number of carbonyl (C=O) groups excluding carboxylic acids is 2. The van der Waals surface area contributed by atoms with Crippen LogP contribution in [0.1, 0.15) is 13.8 Å². The molecule has 0 aromatic carbocycles. The van der Waals surface area contributed by atoms with Crippen LogP contribution < -0.4 is 0 Å². The molecule has 4 nitrogen and oxygen atoms in total. The van der Waals surface area contributed by atoms with Crippen molar-refractivity contribution >= 4 is 37.2 Å². The van der Waals surface area contributed by atoms with Gasteiger partial charge in [0.05, 0.1) is 10.5 Å². The number of hydrogen-bond donors (Lipinski definition) is 2. The summed E-state index contributed by atoms with van der Waals surface area (Å²) in [6.07, 6.45) is 0. The Balaban J connectivity index is 3.48. The van der Waals surface area contributed by atoms with Gasteiger partial charge in [-0.05, 0) is 13.8 Å². The SMILES string of the molecule is C[C@@H](S)C(=O)OCCOC(=O)[C@@H](C)S. The van der Waals surface area contributed by atoms with Gasteiger partial charge in [-0.1, -0.05) is 0 Å². The summed E-state index contributed by atoms with van der Waals surface area (Å²) in [5.74, 6) is -0.855. The van der Waals surface area contributed by atoms with Crippen molar-refractivity contribution < 1.29 is 19.1 Å². The van der Waals surface area contributed by atoms with E-state index in [0.29, 0.717) is 0 Å². The first-order valence-corrected chi connectivity index (χ1v) is 5.18. The van der Waals surface area contributed by atoms with Gasteiger partial charge in [0.25, 0.3) is 0 Å². The Bertz CT molecular complexity index is 182. The number of thiol groups is 2. The summed E-state index contributed by atoms with van der Waals surface area (Å²) in [6, 6.07) is 0. The van der Waals surface area contributed by atoms with Gasteiger partial charge in [0.2, 0.25) is 0 Å². The monoisotopic (exact) mass is 238 g/mol. The number of ether oxygens (including phenoxy) is 2. The van der Waals surface area contributed by atoms with E-state index in [9.17, 15) is 9.59 Å². The molecule has 6 heteroatoms. The lowest BCUT2D eigenvalue weighted by atomic mass is 10.5. The topological polar surface area (TPSA) is 52.6 Å². The first-order chi connectivity index (χ1) is 6.45. The lowest BCUT2D eigenvalue weighted by Crippen LogP contribution is -2.21. The Kier molecular flexibility index (Phi) is 6.82. The Hall–Kier alpha value is -0.360. The maximum Gasteiger partial charge on any atom is 0.318 e. The average Bonchev–Trinajstić information content (AvgIpc) is 2.11. The van der Waals surface area contributed by atoms with E-state index in [1.165, 1.54) is 0 Å². The van der Waals surface area contributed by atoms with Gasteiger partial charge >= 0.3 is 11.9 Å². The standard InChI is InChI=1S/C8H14O4S2/c1-5(13)7(9)11-3-4-12-8(10)6(2)14/h5-6,13-14H,3-4H2,1-2H3/t5-,6-/m1/s1. The molecule has 0 N–H and O–H groups in total. The molecule has 0 fully saturated rings. The summed E-state index contributed by atoms with van der Waals surface area (Å²) in [7, 11) is 0. The van der Waals surface area contributed by atoms with Crippen molar-refractivity contribution in [3.05, 3.63) is 0 Å². The number of esters is 2. The van der Waals surface area contributed by atoms with E-state index in [0.717, 1.165) is 0 Å². The third-order valence-corrected chi connectivity index (χ3v) is 1.68. The molecular weight excluding hydrogens is 224 g/mol. The second-order valence-electron chi connectivity index (χ2n) is 2.69. The second-order valence-corrected chi connectivity index (χ2v) is 4.24. The molecule has 0 aliphatic carbocycles. The zero-order valence-corrected chi connectivity index (χ0v) is 9.89. The van der Waals surface area contributed by atoms with Crippen LogP contribution in [0.3, 0.4) is 0 Å². The normalized spacial score (nSPS) is 14.3. The zero-order valence-electron chi connectivity index (χ0n) is 8.10. The number of hydrogen-bond acceptors (Lipinski definition) is 6. The van der Waals surface area contributed by atoms with Crippen LogP contribution in [-0.2, 0) is 19.1 Å². The third kappa shape index (κ3) is 6.15. The van der Waals surface area contributed by atoms with Crippen LogP contribution in [0.5, 0.6) is 0 Å². The van der Waals surface area contributed by atoms with Crippen LogP contribution in [0.2, 0.25) is 0 Å². The minimum Gasteiger partial charge on any atom is -0.461 e. The zero-order chi connectivity index (χ0) is 11.1. The van der Waals surface area contributed by atoms with E-state index in [-0.39, 0.29) is 13.2 Å². The van der Waals surface area contributed by atoms with Crippen LogP contribution in [0.15, 0.2) is 0 Å². The van der Waals surface area contributed by atoms with E-state index in [1.807, 2.05) is 0 Å². The summed E-state index contributed by atoms with van der Waals surface area (Å²) < 4.78 is 9.43. The summed E-state index contributed by atoms with van der Waals surface area (Å²) >= 11 is 7.75. The molecular formula is C8H14O4S2. The molecule has 0 saturated heterocycles. The van der Waals surface area contributed by atoms with Gasteiger partial charge in [-0.25, -0.2) is 0 Å². The molecule has 0 aromatic heterocycles. The molecule has 0 rings (SSSR count). The Morgan fingerprint density at radius 2 is 1.29 bits per heavy atom. The van der Waals surface area contributed by atoms with Crippen molar-refractivity contribution in [1.82, 2.24) is 0 Å². The molecule has 0 heterocycles. The van der Waals surface area contributed by atoms with Gasteiger partial charge in [-0.3, -0.25) is 9.59 Å². The smallest absolute Gasteiger partial charge is 0.318 e. The van der Waals surface area contributed by atoms with Crippen LogP contribution in [-0.4, -0.2) is 35.7 Å². The average molecular weight is 238 g/mol. The van der Waals surface area contributed by atoms with Crippen molar-refractivity contribution in [2.24, 2.45) is 0 Å². The molecule has 0 saturated carbocycles. The van der Waals surface area contributed by atoms with E-state index in [2.05, 4.69) is 25.3 Å². The summed E-state index contributed by atoms with van der Waals surface area (Å²) in [5, 5.41) is -0.927.